The van der Waals surface area contributed by atoms with Gasteiger partial charge in [0.25, 0.3) is 10.0 Å². The summed E-state index contributed by atoms with van der Waals surface area (Å²) in [6, 6.07) is 2.44. The number of nitrogens with one attached hydrogen (secondary N) is 1. The minimum atomic E-state index is -3.39. The molecule has 1 saturated heterocycles. The summed E-state index contributed by atoms with van der Waals surface area (Å²) in [6.07, 6.45) is 2.36. The quantitative estimate of drug-likeness (QED) is 0.894. The van der Waals surface area contributed by atoms with Crippen molar-refractivity contribution in [2.75, 3.05) is 13.1 Å². The number of hydrogen-bond acceptors (Lipinski definition) is 5. The van der Waals surface area contributed by atoms with Crippen LogP contribution in [0, 0.1) is 0 Å². The second-order valence-corrected chi connectivity index (χ2v) is 9.08. The molecule has 1 N–H and O–H groups in total. The van der Waals surface area contributed by atoms with E-state index in [0.29, 0.717) is 23.3 Å². The SMILES string of the molecule is CC1CN(S(=O)(=O)c2cc(CNC3CC3)cs2)CC(C)O1. The Bertz CT molecular complexity index is 585. The third-order valence-corrected chi connectivity index (χ3v) is 7.08. The molecule has 1 aliphatic heterocycles. The zero-order chi connectivity index (χ0) is 15.0. The van der Waals surface area contributed by atoms with E-state index in [4.69, 9.17) is 4.74 Å². The van der Waals surface area contributed by atoms with E-state index in [1.54, 1.807) is 10.4 Å². The number of ether oxygens (including phenoxy) is 1. The van der Waals surface area contributed by atoms with Crippen molar-refractivity contribution >= 4 is 21.4 Å². The molecule has 118 valence electrons. The summed E-state index contributed by atoms with van der Waals surface area (Å²) in [5, 5.41) is 5.35. The first-order chi connectivity index (χ1) is 9.95. The van der Waals surface area contributed by atoms with Gasteiger partial charge in [0.2, 0.25) is 0 Å². The number of sulfonamides is 1. The number of morpholine rings is 1. The highest BCUT2D eigenvalue weighted by Crippen LogP contribution is 2.27. The molecule has 0 aromatic carbocycles. The average molecular weight is 330 g/mol. The Hall–Kier alpha value is -0.470. The Kier molecular flexibility index (Phi) is 4.38. The summed E-state index contributed by atoms with van der Waals surface area (Å²) in [5.41, 5.74) is 1.06. The van der Waals surface area contributed by atoms with Crippen molar-refractivity contribution in [3.8, 4) is 0 Å². The highest BCUT2D eigenvalue weighted by atomic mass is 32.2. The topological polar surface area (TPSA) is 58.6 Å². The molecule has 2 heterocycles. The first-order valence-corrected chi connectivity index (χ1v) is 9.73. The molecule has 1 aromatic rings. The summed E-state index contributed by atoms with van der Waals surface area (Å²) in [4.78, 5) is 0. The lowest BCUT2D eigenvalue weighted by Gasteiger charge is -2.34. The Balaban J connectivity index is 1.71. The predicted octanol–water partition coefficient (Wildman–Crippen LogP) is 1.80. The molecule has 2 atom stereocenters. The van der Waals surface area contributed by atoms with Crippen LogP contribution in [0.25, 0.3) is 0 Å². The van der Waals surface area contributed by atoms with Gasteiger partial charge in [-0.1, -0.05) is 0 Å². The Morgan fingerprint density at radius 3 is 2.62 bits per heavy atom. The van der Waals surface area contributed by atoms with Crippen molar-refractivity contribution in [3.63, 3.8) is 0 Å². The van der Waals surface area contributed by atoms with Crippen LogP contribution in [0.1, 0.15) is 32.3 Å². The van der Waals surface area contributed by atoms with Gasteiger partial charge in [0.15, 0.2) is 0 Å². The van der Waals surface area contributed by atoms with E-state index in [9.17, 15) is 8.42 Å². The van der Waals surface area contributed by atoms with Gasteiger partial charge in [0, 0.05) is 25.7 Å². The van der Waals surface area contributed by atoms with Crippen LogP contribution in [0.2, 0.25) is 0 Å². The second kappa shape index (κ2) is 5.96. The molecule has 0 spiro atoms. The number of hydrogen-bond donors (Lipinski definition) is 1. The Labute approximate surface area is 130 Å². The summed E-state index contributed by atoms with van der Waals surface area (Å²) < 4.78 is 33.0. The molecule has 1 saturated carbocycles. The normalized spacial score (nSPS) is 27.9. The predicted molar refractivity (Wildman–Crippen MR) is 82.9 cm³/mol. The fraction of sp³-hybridized carbons (Fsp3) is 0.714. The van der Waals surface area contributed by atoms with Crippen LogP contribution in [-0.4, -0.2) is 44.1 Å². The molecule has 21 heavy (non-hydrogen) atoms. The largest absolute Gasteiger partial charge is 0.373 e. The van der Waals surface area contributed by atoms with Gasteiger partial charge in [0.1, 0.15) is 4.21 Å². The fourth-order valence-electron chi connectivity index (χ4n) is 2.58. The van der Waals surface area contributed by atoms with Gasteiger partial charge in [0.05, 0.1) is 12.2 Å². The van der Waals surface area contributed by atoms with Gasteiger partial charge in [-0.3, -0.25) is 0 Å². The molecule has 1 aliphatic carbocycles. The van der Waals surface area contributed by atoms with Crippen molar-refractivity contribution in [3.05, 3.63) is 17.0 Å². The maximum Gasteiger partial charge on any atom is 0.252 e. The fourth-order valence-corrected chi connectivity index (χ4v) is 5.54. The van der Waals surface area contributed by atoms with E-state index in [1.165, 1.54) is 24.2 Å². The number of rotatable bonds is 5. The van der Waals surface area contributed by atoms with Crippen LogP contribution in [0.15, 0.2) is 15.7 Å². The summed E-state index contributed by atoms with van der Waals surface area (Å²) >= 11 is 1.31. The molecule has 3 rings (SSSR count). The third kappa shape index (κ3) is 3.65. The molecule has 1 aromatic heterocycles. The summed E-state index contributed by atoms with van der Waals surface area (Å²) in [5.74, 6) is 0. The van der Waals surface area contributed by atoms with Crippen LogP contribution < -0.4 is 5.32 Å². The van der Waals surface area contributed by atoms with E-state index in [-0.39, 0.29) is 12.2 Å². The Morgan fingerprint density at radius 2 is 2.00 bits per heavy atom. The van der Waals surface area contributed by atoms with Crippen molar-refractivity contribution in [1.82, 2.24) is 9.62 Å². The molecule has 2 aliphatic rings. The second-order valence-electron chi connectivity index (χ2n) is 6.01. The summed E-state index contributed by atoms with van der Waals surface area (Å²) in [6.45, 7) is 5.45. The van der Waals surface area contributed by atoms with Crippen molar-refractivity contribution in [2.24, 2.45) is 0 Å². The smallest absolute Gasteiger partial charge is 0.252 e. The molecule has 0 amide bonds. The third-order valence-electron chi connectivity index (χ3n) is 3.78. The van der Waals surface area contributed by atoms with Crippen LogP contribution >= 0.6 is 11.3 Å². The van der Waals surface area contributed by atoms with Gasteiger partial charge in [-0.15, -0.1) is 11.3 Å². The number of thiophene rings is 1. The van der Waals surface area contributed by atoms with Crippen LogP contribution in [-0.2, 0) is 21.3 Å². The molecule has 2 unspecified atom stereocenters. The number of nitrogens with zero attached hydrogens (tertiary/aromatic N) is 1. The van der Waals surface area contributed by atoms with E-state index < -0.39 is 10.0 Å². The maximum absolute atomic E-state index is 12.7. The standard InChI is InChI=1S/C14H22N2O3S2/c1-10-7-16(8-11(2)19-10)21(17,18)14-5-12(9-20-14)6-15-13-3-4-13/h5,9-11,13,15H,3-4,6-8H2,1-2H3. The molecule has 2 fully saturated rings. The molecule has 7 heteroatoms. The zero-order valence-corrected chi connectivity index (χ0v) is 14.0. The first kappa shape index (κ1) is 15.4. The monoisotopic (exact) mass is 330 g/mol. The lowest BCUT2D eigenvalue weighted by atomic mass is 10.3. The van der Waals surface area contributed by atoms with Crippen molar-refractivity contribution in [2.45, 2.75) is 55.7 Å². The van der Waals surface area contributed by atoms with E-state index in [1.807, 2.05) is 19.2 Å². The van der Waals surface area contributed by atoms with Gasteiger partial charge >= 0.3 is 0 Å². The van der Waals surface area contributed by atoms with Crippen LogP contribution in [0.5, 0.6) is 0 Å². The molecule has 0 bridgehead atoms. The van der Waals surface area contributed by atoms with Gasteiger partial charge in [-0.05, 0) is 43.7 Å². The van der Waals surface area contributed by atoms with E-state index in [0.717, 1.165) is 12.1 Å². The van der Waals surface area contributed by atoms with Gasteiger partial charge in [-0.25, -0.2) is 8.42 Å². The highest BCUT2D eigenvalue weighted by molar-refractivity contribution is 7.91. The lowest BCUT2D eigenvalue weighted by molar-refractivity contribution is -0.0440. The lowest BCUT2D eigenvalue weighted by Crippen LogP contribution is -2.47. The maximum atomic E-state index is 12.7. The average Bonchev–Trinajstić information content (AvgIpc) is 3.11. The van der Waals surface area contributed by atoms with Crippen molar-refractivity contribution in [1.29, 1.82) is 0 Å². The van der Waals surface area contributed by atoms with Gasteiger partial charge < -0.3 is 10.1 Å². The molecular weight excluding hydrogens is 308 g/mol. The van der Waals surface area contributed by atoms with Crippen LogP contribution in [0.4, 0.5) is 0 Å². The summed E-state index contributed by atoms with van der Waals surface area (Å²) in [7, 11) is -3.39. The molecule has 5 nitrogen and oxygen atoms in total. The van der Waals surface area contributed by atoms with Gasteiger partial charge in [-0.2, -0.15) is 4.31 Å². The Morgan fingerprint density at radius 1 is 1.33 bits per heavy atom. The van der Waals surface area contributed by atoms with Crippen molar-refractivity contribution < 1.29 is 13.2 Å². The molecular formula is C14H22N2O3S2. The first-order valence-electron chi connectivity index (χ1n) is 7.41. The van der Waals surface area contributed by atoms with Crippen LogP contribution in [0.3, 0.4) is 0 Å². The zero-order valence-electron chi connectivity index (χ0n) is 12.4. The van der Waals surface area contributed by atoms with E-state index >= 15 is 0 Å². The minimum Gasteiger partial charge on any atom is -0.373 e. The minimum absolute atomic E-state index is 0.0560. The van der Waals surface area contributed by atoms with E-state index in [2.05, 4.69) is 5.32 Å². The molecule has 0 radical (unpaired) electrons. The highest BCUT2D eigenvalue weighted by Gasteiger charge is 2.33.